The van der Waals surface area contributed by atoms with Crippen LogP contribution >= 0.6 is 0 Å². The zero-order valence-electron chi connectivity index (χ0n) is 10.6. The van der Waals surface area contributed by atoms with Crippen LogP contribution in [0.2, 0.25) is 0 Å². The topological polar surface area (TPSA) is 93.7 Å². The number of anilines is 1. The van der Waals surface area contributed by atoms with Gasteiger partial charge in [-0.15, -0.1) is 0 Å². The molecule has 0 fully saturated rings. The molecule has 0 aliphatic rings. The first-order valence-corrected chi connectivity index (χ1v) is 6.15. The third-order valence-electron chi connectivity index (χ3n) is 2.69. The molecule has 2 aromatic heterocycles. The first-order chi connectivity index (χ1) is 8.83. The van der Waals surface area contributed by atoms with E-state index in [2.05, 4.69) is 32.5 Å². The number of imidazole rings is 1. The van der Waals surface area contributed by atoms with E-state index >= 15 is 0 Å². The van der Waals surface area contributed by atoms with Gasteiger partial charge in [-0.05, 0) is 6.54 Å². The lowest BCUT2D eigenvalue weighted by Crippen LogP contribution is -2.29. The van der Waals surface area contributed by atoms with Crippen molar-refractivity contribution in [1.29, 1.82) is 0 Å². The van der Waals surface area contributed by atoms with Crippen molar-refractivity contribution in [3.8, 4) is 0 Å². The van der Waals surface area contributed by atoms with Crippen molar-refractivity contribution in [3.05, 3.63) is 12.7 Å². The predicted octanol–water partition coefficient (Wildman–Crippen LogP) is -0.392. The van der Waals surface area contributed by atoms with E-state index in [0.717, 1.165) is 38.4 Å². The Hall–Kier alpha value is -1.73. The van der Waals surface area contributed by atoms with Gasteiger partial charge >= 0.3 is 0 Å². The minimum atomic E-state index is 0.429. The number of likely N-dealkylation sites (N-methyl/N-ethyl adjacent to an activating group) is 1. The molecule has 0 radical (unpaired) electrons. The van der Waals surface area contributed by atoms with E-state index in [0.29, 0.717) is 11.3 Å². The zero-order chi connectivity index (χ0) is 12.8. The molecule has 0 bridgehead atoms. The van der Waals surface area contributed by atoms with Crippen LogP contribution in [0, 0.1) is 0 Å². The first kappa shape index (κ1) is 12.7. The Balaban J connectivity index is 1.86. The Kier molecular flexibility index (Phi) is 4.43. The molecule has 0 aliphatic carbocycles. The number of hydrogen-bond acceptors (Lipinski definition) is 6. The number of nitrogen functional groups attached to an aromatic ring is 1. The van der Waals surface area contributed by atoms with Crippen LogP contribution in [0.15, 0.2) is 12.7 Å². The normalized spacial score (nSPS) is 11.2. The highest BCUT2D eigenvalue weighted by molar-refractivity contribution is 5.80. The minimum Gasteiger partial charge on any atom is -0.382 e. The molecule has 0 aromatic carbocycles. The molecule has 0 atom stereocenters. The Morgan fingerprint density at radius 2 is 2.00 bits per heavy atom. The fourth-order valence-corrected chi connectivity index (χ4v) is 1.74. The number of fused-ring (bicyclic) bond motifs is 1. The highest BCUT2D eigenvalue weighted by Gasteiger charge is 2.06. The van der Waals surface area contributed by atoms with Crippen LogP contribution in [0.25, 0.3) is 11.2 Å². The number of nitrogens with one attached hydrogen (secondary N) is 2. The van der Waals surface area contributed by atoms with Gasteiger partial charge in [0.05, 0.1) is 6.33 Å². The largest absolute Gasteiger partial charge is 0.382 e. The number of nitrogens with two attached hydrogens (primary N) is 1. The van der Waals surface area contributed by atoms with Crippen molar-refractivity contribution in [2.24, 2.45) is 0 Å². The van der Waals surface area contributed by atoms with Gasteiger partial charge in [-0.2, -0.15) is 0 Å². The smallest absolute Gasteiger partial charge is 0.165 e. The van der Waals surface area contributed by atoms with Crippen LogP contribution in [-0.2, 0) is 6.54 Å². The molecule has 0 saturated carbocycles. The SMILES string of the molecule is CCNCCNCCn1cnc2c(N)ncnc21. The molecule has 2 rings (SSSR count). The summed E-state index contributed by atoms with van der Waals surface area (Å²) < 4.78 is 1.98. The summed E-state index contributed by atoms with van der Waals surface area (Å²) in [4.78, 5) is 12.3. The number of rotatable bonds is 7. The molecule has 2 aromatic rings. The van der Waals surface area contributed by atoms with Gasteiger partial charge in [0.25, 0.3) is 0 Å². The lowest BCUT2D eigenvalue weighted by molar-refractivity contribution is 0.580. The highest BCUT2D eigenvalue weighted by atomic mass is 15.1. The summed E-state index contributed by atoms with van der Waals surface area (Å²) in [6.07, 6.45) is 3.22. The van der Waals surface area contributed by atoms with Crippen molar-refractivity contribution in [2.75, 3.05) is 31.9 Å². The van der Waals surface area contributed by atoms with Gasteiger partial charge in [0, 0.05) is 26.2 Å². The molecule has 2 heterocycles. The van der Waals surface area contributed by atoms with Crippen molar-refractivity contribution < 1.29 is 0 Å². The lowest BCUT2D eigenvalue weighted by atomic mass is 10.5. The van der Waals surface area contributed by atoms with Crippen LogP contribution < -0.4 is 16.4 Å². The van der Waals surface area contributed by atoms with Gasteiger partial charge in [-0.25, -0.2) is 15.0 Å². The molecule has 0 spiro atoms. The summed E-state index contributed by atoms with van der Waals surface area (Å²) in [6.45, 7) is 6.74. The summed E-state index contributed by atoms with van der Waals surface area (Å²) in [7, 11) is 0. The molecule has 0 aliphatic heterocycles. The third kappa shape index (κ3) is 2.93. The van der Waals surface area contributed by atoms with Crippen molar-refractivity contribution in [1.82, 2.24) is 30.2 Å². The van der Waals surface area contributed by atoms with E-state index in [1.807, 2.05) is 4.57 Å². The number of hydrogen-bond donors (Lipinski definition) is 3. The molecule has 7 heteroatoms. The fraction of sp³-hybridized carbons (Fsp3) is 0.545. The maximum atomic E-state index is 5.73. The average molecular weight is 249 g/mol. The molecule has 0 unspecified atom stereocenters. The van der Waals surface area contributed by atoms with Gasteiger partial charge in [0.2, 0.25) is 0 Å². The molecule has 4 N–H and O–H groups in total. The van der Waals surface area contributed by atoms with E-state index in [1.165, 1.54) is 6.33 Å². The van der Waals surface area contributed by atoms with Crippen LogP contribution in [0.3, 0.4) is 0 Å². The Morgan fingerprint density at radius 3 is 2.83 bits per heavy atom. The van der Waals surface area contributed by atoms with Crippen LogP contribution in [-0.4, -0.2) is 45.7 Å². The monoisotopic (exact) mass is 249 g/mol. The molecule has 7 nitrogen and oxygen atoms in total. The van der Waals surface area contributed by atoms with Crippen molar-refractivity contribution in [2.45, 2.75) is 13.5 Å². The van der Waals surface area contributed by atoms with Crippen LogP contribution in [0.4, 0.5) is 5.82 Å². The van der Waals surface area contributed by atoms with Gasteiger partial charge in [0.1, 0.15) is 11.8 Å². The third-order valence-corrected chi connectivity index (χ3v) is 2.69. The van der Waals surface area contributed by atoms with Gasteiger partial charge in [0.15, 0.2) is 11.5 Å². The lowest BCUT2D eigenvalue weighted by Gasteiger charge is -2.06. The molecule has 98 valence electrons. The molecule has 0 saturated heterocycles. The summed E-state index contributed by atoms with van der Waals surface area (Å²) in [5.74, 6) is 0.429. The summed E-state index contributed by atoms with van der Waals surface area (Å²) in [5.41, 5.74) is 7.19. The zero-order valence-corrected chi connectivity index (χ0v) is 10.6. The highest BCUT2D eigenvalue weighted by Crippen LogP contribution is 2.13. The second kappa shape index (κ2) is 6.27. The standard InChI is InChI=1S/C11H19N7/c1-2-13-3-4-14-5-6-18-8-17-9-10(12)15-7-16-11(9)18/h7-8,13-14H,2-6H2,1H3,(H2,12,15,16). The minimum absolute atomic E-state index is 0.429. The summed E-state index contributed by atoms with van der Waals surface area (Å²) in [6, 6.07) is 0. The molecular formula is C11H19N7. The predicted molar refractivity (Wildman–Crippen MR) is 71.1 cm³/mol. The van der Waals surface area contributed by atoms with E-state index in [-0.39, 0.29) is 0 Å². The quantitative estimate of drug-likeness (QED) is 0.579. The maximum Gasteiger partial charge on any atom is 0.165 e. The number of aromatic nitrogens is 4. The summed E-state index contributed by atoms with van der Waals surface area (Å²) in [5, 5.41) is 6.61. The van der Waals surface area contributed by atoms with Crippen molar-refractivity contribution in [3.63, 3.8) is 0 Å². The van der Waals surface area contributed by atoms with E-state index in [4.69, 9.17) is 5.73 Å². The van der Waals surface area contributed by atoms with Gasteiger partial charge in [-0.3, -0.25) is 0 Å². The van der Waals surface area contributed by atoms with E-state index < -0.39 is 0 Å². The Morgan fingerprint density at radius 1 is 1.17 bits per heavy atom. The second-order valence-electron chi connectivity index (χ2n) is 3.97. The molecule has 0 amide bonds. The number of nitrogens with zero attached hydrogens (tertiary/aromatic N) is 4. The van der Waals surface area contributed by atoms with Crippen molar-refractivity contribution >= 4 is 17.0 Å². The second-order valence-corrected chi connectivity index (χ2v) is 3.97. The molecule has 18 heavy (non-hydrogen) atoms. The van der Waals surface area contributed by atoms with Crippen LogP contribution in [0.5, 0.6) is 0 Å². The Labute approximate surface area is 106 Å². The van der Waals surface area contributed by atoms with Crippen LogP contribution in [0.1, 0.15) is 6.92 Å². The van der Waals surface area contributed by atoms with Gasteiger partial charge in [-0.1, -0.05) is 6.92 Å². The summed E-state index contributed by atoms with van der Waals surface area (Å²) >= 11 is 0. The van der Waals surface area contributed by atoms with Gasteiger partial charge < -0.3 is 20.9 Å². The van der Waals surface area contributed by atoms with E-state index in [1.54, 1.807) is 6.33 Å². The molecular weight excluding hydrogens is 230 g/mol. The van der Waals surface area contributed by atoms with E-state index in [9.17, 15) is 0 Å². The Bertz CT molecular complexity index is 493. The average Bonchev–Trinajstić information content (AvgIpc) is 2.79. The first-order valence-electron chi connectivity index (χ1n) is 6.15. The fourth-order valence-electron chi connectivity index (χ4n) is 1.74. The maximum absolute atomic E-state index is 5.73.